The number of aliphatic hydroxyl groups excluding tert-OH is 1. The van der Waals surface area contributed by atoms with Crippen LogP contribution >= 0.6 is 34.6 Å². The first-order valence-corrected chi connectivity index (χ1v) is 7.04. The predicted molar refractivity (Wildman–Crippen MR) is 67.8 cm³/mol. The van der Waals surface area contributed by atoms with Gasteiger partial charge in [-0.25, -0.2) is 4.98 Å². The predicted octanol–water partition coefficient (Wildman–Crippen LogP) is 2.24. The van der Waals surface area contributed by atoms with Crippen molar-refractivity contribution in [2.24, 2.45) is 0 Å². The number of rotatable bonds is 3. The molecule has 0 radical (unpaired) electrons. The van der Waals surface area contributed by atoms with Gasteiger partial charge in [0.25, 0.3) is 0 Å². The Morgan fingerprint density at radius 1 is 1.44 bits per heavy atom. The average molecular weight is 268 g/mol. The Labute approximate surface area is 106 Å². The van der Waals surface area contributed by atoms with E-state index in [1.54, 1.807) is 29.4 Å². The Kier molecular flexibility index (Phi) is 4.36. The highest BCUT2D eigenvalue weighted by Gasteiger charge is 2.01. The molecule has 2 rings (SSSR count). The molecule has 0 amide bonds. The van der Waals surface area contributed by atoms with Gasteiger partial charge in [-0.2, -0.15) is 4.37 Å². The second-order valence-corrected chi connectivity index (χ2v) is 5.89. The van der Waals surface area contributed by atoms with E-state index < -0.39 is 0 Å². The van der Waals surface area contributed by atoms with Crippen molar-refractivity contribution in [3.63, 3.8) is 0 Å². The van der Waals surface area contributed by atoms with Crippen LogP contribution in [0.15, 0.2) is 22.8 Å². The van der Waals surface area contributed by atoms with E-state index in [-0.39, 0.29) is 6.61 Å². The van der Waals surface area contributed by atoms with Gasteiger partial charge in [0.05, 0.1) is 4.88 Å². The van der Waals surface area contributed by atoms with Gasteiger partial charge < -0.3 is 5.11 Å². The highest BCUT2D eigenvalue weighted by atomic mass is 32.2. The van der Waals surface area contributed by atoms with E-state index in [9.17, 15) is 0 Å². The van der Waals surface area contributed by atoms with Crippen LogP contribution < -0.4 is 0 Å². The first-order valence-electron chi connectivity index (χ1n) is 4.46. The van der Waals surface area contributed by atoms with E-state index in [2.05, 4.69) is 27.3 Å². The maximum atomic E-state index is 8.58. The first-order chi connectivity index (χ1) is 7.88. The molecular formula is C10H8N2OS3. The third-order valence-electron chi connectivity index (χ3n) is 1.63. The molecule has 0 bridgehead atoms. The molecule has 0 spiro atoms. The smallest absolute Gasteiger partial charge is 0.170 e. The lowest BCUT2D eigenvalue weighted by atomic mass is 10.4. The summed E-state index contributed by atoms with van der Waals surface area (Å²) in [6.07, 6.45) is 1.57. The topological polar surface area (TPSA) is 46.0 Å². The number of thioether (sulfide) groups is 1. The molecule has 0 saturated heterocycles. The van der Waals surface area contributed by atoms with Crippen molar-refractivity contribution in [2.75, 3.05) is 6.61 Å². The summed E-state index contributed by atoms with van der Waals surface area (Å²) in [5, 5.41) is 8.58. The molecule has 6 heteroatoms. The second kappa shape index (κ2) is 6.01. The number of hydrogen-bond donors (Lipinski definition) is 1. The first kappa shape index (κ1) is 11.6. The van der Waals surface area contributed by atoms with E-state index in [0.29, 0.717) is 0 Å². The number of hydrogen-bond acceptors (Lipinski definition) is 6. The van der Waals surface area contributed by atoms with Crippen LogP contribution in [0, 0.1) is 11.8 Å². The summed E-state index contributed by atoms with van der Waals surface area (Å²) in [5.74, 6) is 6.42. The Hall–Kier alpha value is -0.870. The summed E-state index contributed by atoms with van der Waals surface area (Å²) < 4.78 is 4.93. The molecule has 0 aliphatic rings. The van der Waals surface area contributed by atoms with Crippen LogP contribution in [-0.4, -0.2) is 21.1 Å². The molecule has 0 fully saturated rings. The SMILES string of the molecule is OCC#Cc1ccc(CSc2ncns2)s1. The minimum absolute atomic E-state index is 0.0905. The van der Waals surface area contributed by atoms with Gasteiger partial charge in [-0.15, -0.1) is 11.3 Å². The van der Waals surface area contributed by atoms with Gasteiger partial charge in [-0.05, 0) is 23.7 Å². The standard InChI is InChI=1S/C10H8N2OS3/c13-5-1-2-8-3-4-9(15-8)6-14-10-11-7-12-16-10/h3-4,7,13H,5-6H2. The molecule has 0 aliphatic carbocycles. The number of aliphatic hydroxyl groups is 1. The Balaban J connectivity index is 1.93. The maximum absolute atomic E-state index is 8.58. The van der Waals surface area contributed by atoms with Crippen molar-refractivity contribution in [3.05, 3.63) is 28.2 Å². The molecule has 0 saturated carbocycles. The third-order valence-corrected chi connectivity index (χ3v) is 4.66. The van der Waals surface area contributed by atoms with Crippen LogP contribution in [0.1, 0.15) is 9.75 Å². The normalized spacial score (nSPS) is 9.81. The van der Waals surface area contributed by atoms with Crippen LogP contribution in [-0.2, 0) is 5.75 Å². The zero-order chi connectivity index (χ0) is 11.2. The van der Waals surface area contributed by atoms with E-state index in [1.807, 2.05) is 6.07 Å². The average Bonchev–Trinajstić information content (AvgIpc) is 2.95. The Morgan fingerprint density at radius 3 is 3.12 bits per heavy atom. The van der Waals surface area contributed by atoms with Crippen molar-refractivity contribution in [1.82, 2.24) is 9.36 Å². The van der Waals surface area contributed by atoms with Crippen LogP contribution in [0.5, 0.6) is 0 Å². The lowest BCUT2D eigenvalue weighted by Gasteiger charge is -1.91. The molecule has 2 heterocycles. The second-order valence-electron chi connectivity index (χ2n) is 2.72. The van der Waals surface area contributed by atoms with Gasteiger partial charge in [0.2, 0.25) is 0 Å². The van der Waals surface area contributed by atoms with Gasteiger partial charge in [0.15, 0.2) is 4.34 Å². The van der Waals surface area contributed by atoms with Gasteiger partial charge in [0.1, 0.15) is 12.9 Å². The third kappa shape index (κ3) is 3.32. The molecule has 2 aromatic heterocycles. The number of aromatic nitrogens is 2. The monoisotopic (exact) mass is 268 g/mol. The molecule has 16 heavy (non-hydrogen) atoms. The fourth-order valence-corrected chi connectivity index (χ4v) is 3.38. The van der Waals surface area contributed by atoms with Crippen LogP contribution in [0.2, 0.25) is 0 Å². The number of nitrogens with zero attached hydrogens (tertiary/aromatic N) is 2. The number of thiophene rings is 1. The van der Waals surface area contributed by atoms with Crippen LogP contribution in [0.25, 0.3) is 0 Å². The summed E-state index contributed by atoms with van der Waals surface area (Å²) in [6, 6.07) is 4.03. The minimum atomic E-state index is -0.0905. The van der Waals surface area contributed by atoms with Crippen molar-refractivity contribution >= 4 is 34.6 Å². The summed E-state index contributed by atoms with van der Waals surface area (Å²) >= 11 is 4.73. The summed E-state index contributed by atoms with van der Waals surface area (Å²) in [4.78, 5) is 6.34. The largest absolute Gasteiger partial charge is 0.384 e. The molecule has 0 aliphatic heterocycles. The molecule has 3 nitrogen and oxygen atoms in total. The fraction of sp³-hybridized carbons (Fsp3) is 0.200. The van der Waals surface area contributed by atoms with Crippen LogP contribution in [0.3, 0.4) is 0 Å². The molecular weight excluding hydrogens is 260 g/mol. The van der Waals surface area contributed by atoms with Gasteiger partial charge in [0, 0.05) is 10.6 Å². The zero-order valence-corrected chi connectivity index (χ0v) is 10.7. The lowest BCUT2D eigenvalue weighted by molar-refractivity contribution is 0.350. The highest BCUT2D eigenvalue weighted by molar-refractivity contribution is 8.00. The van der Waals surface area contributed by atoms with Crippen molar-refractivity contribution in [3.8, 4) is 11.8 Å². The van der Waals surface area contributed by atoms with Crippen LogP contribution in [0.4, 0.5) is 0 Å². The van der Waals surface area contributed by atoms with Crippen molar-refractivity contribution in [2.45, 2.75) is 10.1 Å². The van der Waals surface area contributed by atoms with E-state index in [4.69, 9.17) is 5.11 Å². The highest BCUT2D eigenvalue weighted by Crippen LogP contribution is 2.26. The zero-order valence-electron chi connectivity index (χ0n) is 8.21. The Morgan fingerprint density at radius 2 is 2.38 bits per heavy atom. The van der Waals surface area contributed by atoms with Crippen molar-refractivity contribution < 1.29 is 5.11 Å². The fourth-order valence-electron chi connectivity index (χ4n) is 1.01. The molecule has 0 aromatic carbocycles. The molecule has 2 aromatic rings. The summed E-state index contributed by atoms with van der Waals surface area (Å²) in [7, 11) is 0. The molecule has 82 valence electrons. The van der Waals surface area contributed by atoms with Crippen molar-refractivity contribution in [1.29, 1.82) is 0 Å². The maximum Gasteiger partial charge on any atom is 0.170 e. The molecule has 1 N–H and O–H groups in total. The lowest BCUT2D eigenvalue weighted by Crippen LogP contribution is -1.72. The molecule has 0 unspecified atom stereocenters. The van der Waals surface area contributed by atoms with Gasteiger partial charge in [-0.3, -0.25) is 0 Å². The van der Waals surface area contributed by atoms with E-state index in [1.165, 1.54) is 16.4 Å². The minimum Gasteiger partial charge on any atom is -0.384 e. The molecule has 0 atom stereocenters. The van der Waals surface area contributed by atoms with E-state index in [0.717, 1.165) is 15.0 Å². The quantitative estimate of drug-likeness (QED) is 0.685. The summed E-state index contributed by atoms with van der Waals surface area (Å²) in [5.41, 5.74) is 0. The summed E-state index contributed by atoms with van der Waals surface area (Å²) in [6.45, 7) is -0.0905. The van der Waals surface area contributed by atoms with Gasteiger partial charge >= 0.3 is 0 Å². The van der Waals surface area contributed by atoms with Gasteiger partial charge in [-0.1, -0.05) is 23.6 Å². The Bertz CT molecular complexity index is 496. The van der Waals surface area contributed by atoms with E-state index >= 15 is 0 Å².